The molecule has 0 amide bonds. The summed E-state index contributed by atoms with van der Waals surface area (Å²) in [6.45, 7) is 2.01. The van der Waals surface area contributed by atoms with E-state index in [0.717, 1.165) is 19.2 Å². The minimum absolute atomic E-state index is 0.169. The van der Waals surface area contributed by atoms with Crippen LogP contribution in [0.25, 0.3) is 0 Å². The molecular weight excluding hydrogens is 192 g/mol. The first-order chi connectivity index (χ1) is 6.51. The molecule has 76 valence electrons. The van der Waals surface area contributed by atoms with Crippen LogP contribution in [0.2, 0.25) is 6.82 Å². The Morgan fingerprint density at radius 3 is 2.21 bits per heavy atom. The Kier molecular flexibility index (Phi) is 3.44. The van der Waals surface area contributed by atoms with Crippen molar-refractivity contribution in [2.45, 2.75) is 19.5 Å². The van der Waals surface area contributed by atoms with Gasteiger partial charge in [-0.15, -0.1) is 13.2 Å². The maximum absolute atomic E-state index is 11.8. The van der Waals surface area contributed by atoms with Crippen LogP contribution < -0.4 is 4.74 Å². The Hall–Kier alpha value is -1.13. The smallest absolute Gasteiger partial charge is 0.406 e. The molecule has 1 rings (SSSR count). The number of hydrogen-bond donors (Lipinski definition) is 0. The lowest BCUT2D eigenvalue weighted by Gasteiger charge is -2.08. The van der Waals surface area contributed by atoms with Crippen molar-refractivity contribution in [2.24, 2.45) is 0 Å². The van der Waals surface area contributed by atoms with E-state index in [2.05, 4.69) is 4.74 Å². The van der Waals surface area contributed by atoms with E-state index in [1.54, 1.807) is 12.1 Å². The molecule has 0 atom stereocenters. The standard InChI is InChI=1S/C9H10BF3O/c1-10-6-7-2-4-8(5-3-7)14-9(11,12)13/h2-5,10H,6H2,1H3. The van der Waals surface area contributed by atoms with E-state index in [9.17, 15) is 13.2 Å². The number of rotatable bonds is 3. The topological polar surface area (TPSA) is 9.23 Å². The van der Waals surface area contributed by atoms with Gasteiger partial charge in [-0.3, -0.25) is 0 Å². The highest BCUT2D eigenvalue weighted by molar-refractivity contribution is 6.32. The quantitative estimate of drug-likeness (QED) is 0.684. The Labute approximate surface area is 81.1 Å². The Morgan fingerprint density at radius 2 is 1.79 bits per heavy atom. The maximum Gasteiger partial charge on any atom is 0.573 e. The molecule has 5 heteroatoms. The SMILES string of the molecule is CBCc1ccc(OC(F)(F)F)cc1. The molecular formula is C9H10BF3O. The van der Waals surface area contributed by atoms with Crippen LogP contribution in [0, 0.1) is 0 Å². The van der Waals surface area contributed by atoms with Gasteiger partial charge in [-0.2, -0.15) is 0 Å². The molecule has 0 unspecified atom stereocenters. The van der Waals surface area contributed by atoms with Crippen molar-refractivity contribution in [3.05, 3.63) is 29.8 Å². The molecule has 0 aliphatic carbocycles. The molecule has 0 radical (unpaired) electrons. The molecule has 0 aromatic heterocycles. The van der Waals surface area contributed by atoms with Gasteiger partial charge in [0.25, 0.3) is 0 Å². The first kappa shape index (κ1) is 11.0. The molecule has 0 heterocycles. The minimum Gasteiger partial charge on any atom is -0.406 e. The fourth-order valence-corrected chi connectivity index (χ4v) is 1.15. The van der Waals surface area contributed by atoms with Crippen molar-refractivity contribution in [2.75, 3.05) is 0 Å². The zero-order valence-electron chi connectivity index (χ0n) is 7.77. The molecule has 1 nitrogen and oxygen atoms in total. The van der Waals surface area contributed by atoms with Crippen LogP contribution in [0.1, 0.15) is 5.56 Å². The molecule has 14 heavy (non-hydrogen) atoms. The van der Waals surface area contributed by atoms with Crippen molar-refractivity contribution in [1.82, 2.24) is 0 Å². The monoisotopic (exact) mass is 202 g/mol. The van der Waals surface area contributed by atoms with E-state index in [1.165, 1.54) is 12.1 Å². The van der Waals surface area contributed by atoms with Crippen molar-refractivity contribution in [3.63, 3.8) is 0 Å². The lowest BCUT2D eigenvalue weighted by Crippen LogP contribution is -2.17. The predicted octanol–water partition coefficient (Wildman–Crippen LogP) is 2.57. The van der Waals surface area contributed by atoms with Crippen molar-refractivity contribution in [3.8, 4) is 5.75 Å². The molecule has 0 N–H and O–H groups in total. The van der Waals surface area contributed by atoms with Gasteiger partial charge >= 0.3 is 6.36 Å². The molecule has 0 spiro atoms. The van der Waals surface area contributed by atoms with Gasteiger partial charge in [0.2, 0.25) is 0 Å². The molecule has 0 aliphatic heterocycles. The van der Waals surface area contributed by atoms with E-state index in [0.29, 0.717) is 0 Å². The van der Waals surface area contributed by atoms with Gasteiger partial charge in [-0.25, -0.2) is 0 Å². The van der Waals surface area contributed by atoms with Crippen LogP contribution in [0.4, 0.5) is 13.2 Å². The highest BCUT2D eigenvalue weighted by Gasteiger charge is 2.30. The average Bonchev–Trinajstić information content (AvgIpc) is 2.06. The van der Waals surface area contributed by atoms with E-state index in [4.69, 9.17) is 0 Å². The van der Waals surface area contributed by atoms with Crippen LogP contribution >= 0.6 is 0 Å². The first-order valence-electron chi connectivity index (χ1n) is 4.36. The lowest BCUT2D eigenvalue weighted by molar-refractivity contribution is -0.274. The third kappa shape index (κ3) is 3.72. The molecule has 1 aromatic carbocycles. The summed E-state index contributed by atoms with van der Waals surface area (Å²) in [5.41, 5.74) is 1.02. The highest BCUT2D eigenvalue weighted by Crippen LogP contribution is 2.22. The first-order valence-corrected chi connectivity index (χ1v) is 4.36. The lowest BCUT2D eigenvalue weighted by atomic mass is 9.75. The largest absolute Gasteiger partial charge is 0.573 e. The van der Waals surface area contributed by atoms with Gasteiger partial charge in [0, 0.05) is 0 Å². The molecule has 0 saturated carbocycles. The molecule has 0 aliphatic rings. The molecule has 1 aromatic rings. The van der Waals surface area contributed by atoms with Crippen LogP contribution in [-0.2, 0) is 6.32 Å². The van der Waals surface area contributed by atoms with Crippen molar-refractivity contribution < 1.29 is 17.9 Å². The van der Waals surface area contributed by atoms with Crippen LogP contribution in [0.5, 0.6) is 5.75 Å². The summed E-state index contributed by atoms with van der Waals surface area (Å²) >= 11 is 0. The maximum atomic E-state index is 11.8. The molecule has 0 fully saturated rings. The van der Waals surface area contributed by atoms with Crippen molar-refractivity contribution >= 4 is 7.28 Å². The number of ether oxygens (including phenoxy) is 1. The van der Waals surface area contributed by atoms with Gasteiger partial charge in [0.05, 0.1) is 0 Å². The van der Waals surface area contributed by atoms with Gasteiger partial charge < -0.3 is 4.74 Å². The zero-order valence-corrected chi connectivity index (χ0v) is 7.77. The summed E-state index contributed by atoms with van der Waals surface area (Å²) in [5, 5.41) is 0. The summed E-state index contributed by atoms with van der Waals surface area (Å²) in [6, 6.07) is 5.95. The second-order valence-corrected chi connectivity index (χ2v) is 2.94. The summed E-state index contributed by atoms with van der Waals surface area (Å²) in [5.74, 6) is -0.169. The fourth-order valence-electron chi connectivity index (χ4n) is 1.15. The third-order valence-corrected chi connectivity index (χ3v) is 1.70. The van der Waals surface area contributed by atoms with E-state index < -0.39 is 6.36 Å². The van der Waals surface area contributed by atoms with Gasteiger partial charge in [0.1, 0.15) is 13.0 Å². The molecule has 0 bridgehead atoms. The second-order valence-electron chi connectivity index (χ2n) is 2.94. The third-order valence-electron chi connectivity index (χ3n) is 1.70. The predicted molar refractivity (Wildman–Crippen MR) is 49.8 cm³/mol. The second kappa shape index (κ2) is 4.40. The average molecular weight is 202 g/mol. The summed E-state index contributed by atoms with van der Waals surface area (Å²) in [7, 11) is 0.972. The normalized spacial score (nSPS) is 11.1. The van der Waals surface area contributed by atoms with Gasteiger partial charge in [-0.05, 0) is 12.1 Å². The molecule has 0 saturated heterocycles. The van der Waals surface area contributed by atoms with E-state index >= 15 is 0 Å². The minimum atomic E-state index is -4.60. The number of halogens is 3. The number of benzene rings is 1. The summed E-state index contributed by atoms with van der Waals surface area (Å²) in [4.78, 5) is 0. The van der Waals surface area contributed by atoms with Crippen LogP contribution in [0.3, 0.4) is 0 Å². The number of alkyl halides is 3. The van der Waals surface area contributed by atoms with E-state index in [1.807, 2.05) is 6.82 Å². The summed E-state index contributed by atoms with van der Waals surface area (Å²) < 4.78 is 39.0. The van der Waals surface area contributed by atoms with Crippen LogP contribution in [0.15, 0.2) is 24.3 Å². The highest BCUT2D eigenvalue weighted by atomic mass is 19.4. The Bertz CT molecular complexity index is 281. The van der Waals surface area contributed by atoms with Crippen molar-refractivity contribution in [1.29, 1.82) is 0 Å². The number of hydrogen-bond acceptors (Lipinski definition) is 1. The fraction of sp³-hybridized carbons (Fsp3) is 0.333. The Morgan fingerprint density at radius 1 is 1.21 bits per heavy atom. The van der Waals surface area contributed by atoms with Gasteiger partial charge in [-0.1, -0.05) is 30.8 Å². The van der Waals surface area contributed by atoms with Crippen LogP contribution in [-0.4, -0.2) is 13.6 Å². The van der Waals surface area contributed by atoms with E-state index in [-0.39, 0.29) is 5.75 Å². The van der Waals surface area contributed by atoms with Gasteiger partial charge in [0.15, 0.2) is 0 Å². The Balaban J connectivity index is 2.64. The zero-order chi connectivity index (χ0) is 10.6. The summed E-state index contributed by atoms with van der Waals surface area (Å²) in [6.07, 6.45) is -3.74.